The Kier molecular flexibility index (Phi) is 6.38. The molecule has 0 spiro atoms. The number of carbonyl (C=O) groups is 1. The minimum absolute atomic E-state index is 0.122. The first-order valence-electron chi connectivity index (χ1n) is 10.9. The highest BCUT2D eigenvalue weighted by Crippen LogP contribution is 2.30. The molecule has 1 atom stereocenters. The van der Waals surface area contributed by atoms with Gasteiger partial charge in [-0.3, -0.25) is 9.69 Å². The Morgan fingerprint density at radius 3 is 1.94 bits per heavy atom. The summed E-state index contributed by atoms with van der Waals surface area (Å²) in [5.41, 5.74) is 5.73. The van der Waals surface area contributed by atoms with Crippen LogP contribution in [0.2, 0.25) is 0 Å². The molecule has 31 heavy (non-hydrogen) atoms. The minimum atomic E-state index is 0.122. The van der Waals surface area contributed by atoms with Gasteiger partial charge in [0.25, 0.3) is 5.91 Å². The maximum atomic E-state index is 13.0. The number of nitrogens with zero attached hydrogens (tertiary/aromatic N) is 3. The van der Waals surface area contributed by atoms with Gasteiger partial charge in [0, 0.05) is 51.5 Å². The van der Waals surface area contributed by atoms with Gasteiger partial charge in [-0.15, -0.1) is 0 Å². The summed E-state index contributed by atoms with van der Waals surface area (Å²) in [7, 11) is 4.01. The van der Waals surface area contributed by atoms with Crippen LogP contribution in [0.3, 0.4) is 0 Å². The Labute approximate surface area is 185 Å². The average Bonchev–Trinajstić information content (AvgIpc) is 2.81. The lowest BCUT2D eigenvalue weighted by molar-refractivity contribution is 0.0597. The van der Waals surface area contributed by atoms with Gasteiger partial charge in [-0.1, -0.05) is 60.2 Å². The SMILES string of the molecule is Cc1ccc(C(c2ccccc2)N2CCN(C(=O)c3ccc(N(C)C)cc3)CC2)cc1. The van der Waals surface area contributed by atoms with E-state index in [-0.39, 0.29) is 11.9 Å². The minimum Gasteiger partial charge on any atom is -0.378 e. The van der Waals surface area contributed by atoms with E-state index in [0.717, 1.165) is 37.4 Å². The van der Waals surface area contributed by atoms with Crippen LogP contribution < -0.4 is 4.90 Å². The van der Waals surface area contributed by atoms with Crippen LogP contribution in [0, 0.1) is 6.92 Å². The molecule has 1 aliphatic rings. The van der Waals surface area contributed by atoms with Crippen molar-refractivity contribution in [1.82, 2.24) is 9.80 Å². The Hall–Kier alpha value is -3.11. The van der Waals surface area contributed by atoms with Crippen LogP contribution in [0.5, 0.6) is 0 Å². The molecule has 160 valence electrons. The van der Waals surface area contributed by atoms with Crippen LogP contribution in [0.1, 0.15) is 33.1 Å². The molecule has 0 aliphatic carbocycles. The molecular weight excluding hydrogens is 382 g/mol. The number of hydrogen-bond donors (Lipinski definition) is 0. The summed E-state index contributed by atoms with van der Waals surface area (Å²) < 4.78 is 0. The molecule has 0 aromatic heterocycles. The monoisotopic (exact) mass is 413 g/mol. The summed E-state index contributed by atoms with van der Waals surface area (Å²) in [5, 5.41) is 0. The Morgan fingerprint density at radius 1 is 0.774 bits per heavy atom. The highest BCUT2D eigenvalue weighted by molar-refractivity contribution is 5.94. The van der Waals surface area contributed by atoms with E-state index in [1.807, 2.05) is 48.2 Å². The van der Waals surface area contributed by atoms with Crippen LogP contribution in [0.4, 0.5) is 5.69 Å². The van der Waals surface area contributed by atoms with Crippen molar-refractivity contribution in [2.75, 3.05) is 45.2 Å². The van der Waals surface area contributed by atoms with Crippen molar-refractivity contribution in [2.45, 2.75) is 13.0 Å². The van der Waals surface area contributed by atoms with Crippen LogP contribution in [0.15, 0.2) is 78.9 Å². The molecule has 1 heterocycles. The van der Waals surface area contributed by atoms with E-state index in [9.17, 15) is 4.79 Å². The van der Waals surface area contributed by atoms with Crippen LogP contribution in [-0.2, 0) is 0 Å². The fraction of sp³-hybridized carbons (Fsp3) is 0.296. The van der Waals surface area contributed by atoms with Gasteiger partial charge in [-0.2, -0.15) is 0 Å². The van der Waals surface area contributed by atoms with Gasteiger partial charge in [-0.05, 0) is 42.3 Å². The summed E-state index contributed by atoms with van der Waals surface area (Å²) in [6.45, 7) is 5.31. The van der Waals surface area contributed by atoms with Crippen LogP contribution in [-0.4, -0.2) is 56.0 Å². The average molecular weight is 414 g/mol. The molecule has 1 amide bonds. The molecular formula is C27H31N3O. The Balaban J connectivity index is 1.48. The fourth-order valence-electron chi connectivity index (χ4n) is 4.27. The first-order chi connectivity index (χ1) is 15.0. The highest BCUT2D eigenvalue weighted by atomic mass is 16.2. The van der Waals surface area contributed by atoms with Crippen molar-refractivity contribution in [3.05, 3.63) is 101 Å². The molecule has 0 bridgehead atoms. The maximum Gasteiger partial charge on any atom is 0.253 e. The molecule has 4 heteroatoms. The third-order valence-corrected chi connectivity index (χ3v) is 6.11. The summed E-state index contributed by atoms with van der Waals surface area (Å²) >= 11 is 0. The molecule has 1 saturated heterocycles. The van der Waals surface area contributed by atoms with Crippen molar-refractivity contribution in [1.29, 1.82) is 0 Å². The number of benzene rings is 3. The zero-order chi connectivity index (χ0) is 21.8. The van der Waals surface area contributed by atoms with Gasteiger partial charge in [0.05, 0.1) is 6.04 Å². The lowest BCUT2D eigenvalue weighted by atomic mass is 9.95. The van der Waals surface area contributed by atoms with E-state index < -0.39 is 0 Å². The summed E-state index contributed by atoms with van der Waals surface area (Å²) in [5.74, 6) is 0.122. The van der Waals surface area contributed by atoms with E-state index in [2.05, 4.69) is 66.4 Å². The predicted molar refractivity (Wildman–Crippen MR) is 128 cm³/mol. The lowest BCUT2D eigenvalue weighted by Gasteiger charge is -2.40. The number of hydrogen-bond acceptors (Lipinski definition) is 3. The number of rotatable bonds is 5. The van der Waals surface area contributed by atoms with Crippen LogP contribution >= 0.6 is 0 Å². The van der Waals surface area contributed by atoms with Crippen molar-refractivity contribution in [3.63, 3.8) is 0 Å². The topological polar surface area (TPSA) is 26.8 Å². The third kappa shape index (κ3) is 4.80. The first-order valence-corrected chi connectivity index (χ1v) is 10.9. The third-order valence-electron chi connectivity index (χ3n) is 6.11. The van der Waals surface area contributed by atoms with Gasteiger partial charge in [-0.25, -0.2) is 0 Å². The molecule has 4 nitrogen and oxygen atoms in total. The fourth-order valence-corrected chi connectivity index (χ4v) is 4.27. The Bertz CT molecular complexity index is 989. The van der Waals surface area contributed by atoms with E-state index in [0.29, 0.717) is 0 Å². The second-order valence-electron chi connectivity index (χ2n) is 8.49. The largest absolute Gasteiger partial charge is 0.378 e. The zero-order valence-electron chi connectivity index (χ0n) is 18.7. The molecule has 4 rings (SSSR count). The summed E-state index contributed by atoms with van der Waals surface area (Å²) in [6.07, 6.45) is 0. The number of amides is 1. The lowest BCUT2D eigenvalue weighted by Crippen LogP contribution is -2.49. The molecule has 3 aromatic rings. The predicted octanol–water partition coefficient (Wildman–Crippen LogP) is 4.61. The van der Waals surface area contributed by atoms with E-state index in [4.69, 9.17) is 0 Å². The number of carbonyl (C=O) groups excluding carboxylic acids is 1. The smallest absolute Gasteiger partial charge is 0.253 e. The van der Waals surface area contributed by atoms with E-state index in [1.54, 1.807) is 0 Å². The van der Waals surface area contributed by atoms with Crippen molar-refractivity contribution < 1.29 is 4.79 Å². The molecule has 0 N–H and O–H groups in total. The molecule has 0 saturated carbocycles. The second-order valence-corrected chi connectivity index (χ2v) is 8.49. The number of anilines is 1. The van der Waals surface area contributed by atoms with Crippen molar-refractivity contribution in [2.24, 2.45) is 0 Å². The van der Waals surface area contributed by atoms with Crippen LogP contribution in [0.25, 0.3) is 0 Å². The Morgan fingerprint density at radius 2 is 1.35 bits per heavy atom. The van der Waals surface area contributed by atoms with Crippen molar-refractivity contribution >= 4 is 11.6 Å². The van der Waals surface area contributed by atoms with E-state index >= 15 is 0 Å². The van der Waals surface area contributed by atoms with E-state index in [1.165, 1.54) is 16.7 Å². The maximum absolute atomic E-state index is 13.0. The summed E-state index contributed by atoms with van der Waals surface area (Å²) in [6, 6.07) is 27.6. The van der Waals surface area contributed by atoms with Gasteiger partial charge in [0.2, 0.25) is 0 Å². The second kappa shape index (κ2) is 9.36. The quantitative estimate of drug-likeness (QED) is 0.611. The number of aryl methyl sites for hydroxylation is 1. The van der Waals surface area contributed by atoms with Gasteiger partial charge in [0.15, 0.2) is 0 Å². The number of piperazine rings is 1. The normalized spacial score (nSPS) is 15.5. The molecule has 0 radical (unpaired) electrons. The highest BCUT2D eigenvalue weighted by Gasteiger charge is 2.28. The first kappa shape index (κ1) is 21.1. The molecule has 1 unspecified atom stereocenters. The standard InChI is InChI=1S/C27H31N3O/c1-21-9-11-23(12-10-21)26(22-7-5-4-6-8-22)29-17-19-30(20-18-29)27(31)24-13-15-25(16-14-24)28(2)3/h4-16,26H,17-20H2,1-3H3. The van der Waals surface area contributed by atoms with Gasteiger partial charge >= 0.3 is 0 Å². The summed E-state index contributed by atoms with van der Waals surface area (Å²) in [4.78, 5) is 19.6. The molecule has 1 aliphatic heterocycles. The van der Waals surface area contributed by atoms with Gasteiger partial charge < -0.3 is 9.80 Å². The van der Waals surface area contributed by atoms with Crippen molar-refractivity contribution in [3.8, 4) is 0 Å². The van der Waals surface area contributed by atoms with Gasteiger partial charge in [0.1, 0.15) is 0 Å². The molecule has 1 fully saturated rings. The zero-order valence-corrected chi connectivity index (χ0v) is 18.7. The molecule has 3 aromatic carbocycles.